The molecule has 3 aliphatic rings. The van der Waals surface area contributed by atoms with Gasteiger partial charge in [-0.1, -0.05) is 0 Å². The predicted molar refractivity (Wildman–Crippen MR) is 107 cm³/mol. The van der Waals surface area contributed by atoms with E-state index in [0.717, 1.165) is 30.9 Å². The fourth-order valence-corrected chi connectivity index (χ4v) is 4.52. The summed E-state index contributed by atoms with van der Waals surface area (Å²) in [4.78, 5) is 33.1. The van der Waals surface area contributed by atoms with E-state index in [4.69, 9.17) is 9.84 Å². The molecule has 4 rings (SSSR count). The van der Waals surface area contributed by atoms with E-state index in [1.54, 1.807) is 11.9 Å². The van der Waals surface area contributed by atoms with Gasteiger partial charge in [0.1, 0.15) is 24.2 Å². The first-order valence-corrected chi connectivity index (χ1v) is 10.3. The first-order chi connectivity index (χ1) is 14.1. The van der Waals surface area contributed by atoms with Gasteiger partial charge in [0.25, 0.3) is 5.91 Å². The van der Waals surface area contributed by atoms with Gasteiger partial charge in [-0.15, -0.1) is 0 Å². The van der Waals surface area contributed by atoms with Gasteiger partial charge in [-0.2, -0.15) is 0 Å². The number of carbonyl (C=O) groups excluding carboxylic acids is 2. The maximum Gasteiger partial charge on any atom is 0.327 e. The molecule has 0 bridgehead atoms. The molecule has 0 spiro atoms. The van der Waals surface area contributed by atoms with E-state index in [0.29, 0.717) is 13.0 Å². The number of rotatable bonds is 6. The normalized spacial score (nSPS) is 27.3. The van der Waals surface area contributed by atoms with Gasteiger partial charge in [-0.25, -0.2) is 4.79 Å². The molecule has 0 radical (unpaired) electrons. The Morgan fingerprint density at radius 1 is 1.21 bits per heavy atom. The molecular weight excluding hydrogens is 374 g/mol. The summed E-state index contributed by atoms with van der Waals surface area (Å²) < 4.78 is 5.54. The number of imide groups is 1. The van der Waals surface area contributed by atoms with Crippen LogP contribution in [-0.4, -0.2) is 90.1 Å². The third kappa shape index (κ3) is 3.43. The number of carbonyl (C=O) groups is 2. The molecule has 3 heterocycles. The van der Waals surface area contributed by atoms with Crippen molar-refractivity contribution in [1.29, 1.82) is 0 Å². The molecule has 3 amide bonds. The smallest absolute Gasteiger partial charge is 0.327 e. The summed E-state index contributed by atoms with van der Waals surface area (Å²) in [5.74, 6) is 0.647. The number of likely N-dealkylation sites (N-methyl/N-ethyl adjacent to an activating group) is 1. The molecule has 9 nitrogen and oxygen atoms in total. The van der Waals surface area contributed by atoms with Crippen molar-refractivity contribution in [2.45, 2.75) is 38.3 Å². The van der Waals surface area contributed by atoms with Gasteiger partial charge < -0.3 is 19.6 Å². The molecule has 3 saturated heterocycles. The zero-order chi connectivity index (χ0) is 20.5. The van der Waals surface area contributed by atoms with Gasteiger partial charge in [0.2, 0.25) is 0 Å². The number of anilines is 1. The highest BCUT2D eigenvalue weighted by Gasteiger charge is 2.55. The molecule has 2 N–H and O–H groups in total. The maximum atomic E-state index is 13.2. The van der Waals surface area contributed by atoms with Crippen molar-refractivity contribution in [3.8, 4) is 5.75 Å². The monoisotopic (exact) mass is 403 g/mol. The molecule has 3 atom stereocenters. The predicted octanol–water partition coefficient (Wildman–Crippen LogP) is 0.455. The molecule has 1 aromatic carbocycles. The number of urea groups is 1. The van der Waals surface area contributed by atoms with Crippen LogP contribution in [0.1, 0.15) is 19.8 Å². The highest BCUT2D eigenvalue weighted by Crippen LogP contribution is 2.33. The second kappa shape index (κ2) is 8.17. The number of nitrogens with one attached hydrogen (secondary N) is 1. The summed E-state index contributed by atoms with van der Waals surface area (Å²) in [7, 11) is 1.73. The molecule has 29 heavy (non-hydrogen) atoms. The SMILES string of the molecule is CCOc1ccc(N2CCCN3C4C(=O)N(CCCO)C(=O)N(C)C4NC23)cc1. The molecule has 0 aliphatic carbocycles. The van der Waals surface area contributed by atoms with Crippen molar-refractivity contribution in [3.05, 3.63) is 24.3 Å². The minimum absolute atomic E-state index is 0.0506. The van der Waals surface area contributed by atoms with Crippen molar-refractivity contribution in [3.63, 3.8) is 0 Å². The lowest BCUT2D eigenvalue weighted by molar-refractivity contribution is -0.138. The minimum atomic E-state index is -0.424. The van der Waals surface area contributed by atoms with Crippen LogP contribution in [0.3, 0.4) is 0 Å². The van der Waals surface area contributed by atoms with E-state index in [1.807, 2.05) is 31.2 Å². The largest absolute Gasteiger partial charge is 0.494 e. The minimum Gasteiger partial charge on any atom is -0.494 e. The Kier molecular flexibility index (Phi) is 5.62. The lowest BCUT2D eigenvalue weighted by Gasteiger charge is -2.43. The van der Waals surface area contributed by atoms with E-state index in [1.165, 1.54) is 4.90 Å². The molecule has 9 heteroatoms. The van der Waals surface area contributed by atoms with Gasteiger partial charge in [0.05, 0.1) is 6.61 Å². The molecule has 158 valence electrons. The van der Waals surface area contributed by atoms with Crippen LogP contribution < -0.4 is 15.0 Å². The van der Waals surface area contributed by atoms with E-state index in [-0.39, 0.29) is 37.5 Å². The van der Waals surface area contributed by atoms with Crippen molar-refractivity contribution in [2.75, 3.05) is 44.8 Å². The average Bonchev–Trinajstić information content (AvgIpc) is 3.13. The molecule has 3 fully saturated rings. The molecular formula is C20H29N5O4. The zero-order valence-corrected chi connectivity index (χ0v) is 17.0. The Balaban J connectivity index is 1.58. The van der Waals surface area contributed by atoms with Crippen LogP contribution in [-0.2, 0) is 4.79 Å². The number of hydrogen-bond donors (Lipinski definition) is 2. The van der Waals surface area contributed by atoms with Gasteiger partial charge in [-0.05, 0) is 44.0 Å². The van der Waals surface area contributed by atoms with Gasteiger partial charge in [-0.3, -0.25) is 19.9 Å². The first kappa shape index (κ1) is 19.9. The average molecular weight is 403 g/mol. The lowest BCUT2D eigenvalue weighted by atomic mass is 10.1. The number of benzene rings is 1. The summed E-state index contributed by atoms with van der Waals surface area (Å²) in [5.41, 5.74) is 1.05. The fourth-order valence-electron chi connectivity index (χ4n) is 4.52. The van der Waals surface area contributed by atoms with Crippen molar-refractivity contribution < 1.29 is 19.4 Å². The van der Waals surface area contributed by atoms with Crippen LogP contribution in [0, 0.1) is 0 Å². The quantitative estimate of drug-likeness (QED) is 0.713. The Hall–Kier alpha value is -2.36. The van der Waals surface area contributed by atoms with Crippen LogP contribution in [0.5, 0.6) is 5.75 Å². The van der Waals surface area contributed by atoms with Crippen LogP contribution in [0.2, 0.25) is 0 Å². The van der Waals surface area contributed by atoms with E-state index < -0.39 is 6.04 Å². The number of fused-ring (bicyclic) bond motifs is 3. The van der Waals surface area contributed by atoms with E-state index >= 15 is 0 Å². The number of hydrogen-bond acceptors (Lipinski definition) is 7. The van der Waals surface area contributed by atoms with Gasteiger partial charge in [0.15, 0.2) is 0 Å². The molecule has 0 saturated carbocycles. The van der Waals surface area contributed by atoms with Crippen molar-refractivity contribution in [1.82, 2.24) is 20.0 Å². The number of aliphatic hydroxyl groups excluding tert-OH is 1. The summed E-state index contributed by atoms with van der Waals surface area (Å²) in [6.07, 6.45) is 0.788. The van der Waals surface area contributed by atoms with E-state index in [9.17, 15) is 9.59 Å². The maximum absolute atomic E-state index is 13.2. The molecule has 3 unspecified atom stereocenters. The zero-order valence-electron chi connectivity index (χ0n) is 17.0. The van der Waals surface area contributed by atoms with Crippen molar-refractivity contribution in [2.24, 2.45) is 0 Å². The number of amides is 3. The van der Waals surface area contributed by atoms with Crippen LogP contribution in [0.25, 0.3) is 0 Å². The lowest BCUT2D eigenvalue weighted by Crippen LogP contribution is -2.66. The second-order valence-electron chi connectivity index (χ2n) is 7.60. The van der Waals surface area contributed by atoms with Crippen LogP contribution in [0.15, 0.2) is 24.3 Å². The highest BCUT2D eigenvalue weighted by atomic mass is 16.5. The van der Waals surface area contributed by atoms with Crippen molar-refractivity contribution >= 4 is 17.6 Å². The van der Waals surface area contributed by atoms with Gasteiger partial charge >= 0.3 is 6.03 Å². The third-order valence-electron chi connectivity index (χ3n) is 5.89. The summed E-state index contributed by atoms with van der Waals surface area (Å²) >= 11 is 0. The first-order valence-electron chi connectivity index (χ1n) is 10.3. The van der Waals surface area contributed by atoms with Crippen LogP contribution >= 0.6 is 0 Å². The Morgan fingerprint density at radius 2 is 1.97 bits per heavy atom. The summed E-state index contributed by atoms with van der Waals surface area (Å²) in [6.45, 7) is 4.42. The number of ether oxygens (including phenoxy) is 1. The third-order valence-corrected chi connectivity index (χ3v) is 5.89. The standard InChI is InChI=1S/C20H29N5O4/c1-3-29-15-8-6-14(7-9-15)23-10-4-11-24-16-17(21-19(23)24)22(2)20(28)25(18(16)27)12-5-13-26/h6-9,16-17,19,21,26H,3-5,10-13H2,1-2H3. The number of nitrogens with zero attached hydrogens (tertiary/aromatic N) is 4. The summed E-state index contributed by atoms with van der Waals surface area (Å²) in [5, 5.41) is 12.6. The fraction of sp³-hybridized carbons (Fsp3) is 0.600. The summed E-state index contributed by atoms with van der Waals surface area (Å²) in [6, 6.07) is 7.23. The number of aliphatic hydroxyl groups is 1. The highest BCUT2D eigenvalue weighted by molar-refractivity contribution is 6.00. The van der Waals surface area contributed by atoms with E-state index in [2.05, 4.69) is 15.1 Å². The molecule has 1 aromatic rings. The van der Waals surface area contributed by atoms with Gasteiger partial charge in [0, 0.05) is 39.0 Å². The Morgan fingerprint density at radius 3 is 2.66 bits per heavy atom. The Labute approximate surface area is 170 Å². The molecule has 0 aromatic heterocycles. The van der Waals surface area contributed by atoms with Crippen LogP contribution in [0.4, 0.5) is 10.5 Å². The Bertz CT molecular complexity index is 758. The topological polar surface area (TPSA) is 88.6 Å². The molecule has 3 aliphatic heterocycles. The second-order valence-corrected chi connectivity index (χ2v) is 7.60.